The van der Waals surface area contributed by atoms with Crippen molar-refractivity contribution in [1.82, 2.24) is 10.3 Å². The molecule has 1 aromatic heterocycles. The van der Waals surface area contributed by atoms with Gasteiger partial charge in [-0.3, -0.25) is 9.78 Å². The minimum atomic E-state index is -0.214. The number of amides is 1. The van der Waals surface area contributed by atoms with E-state index in [-0.39, 0.29) is 5.91 Å². The van der Waals surface area contributed by atoms with Gasteiger partial charge < -0.3 is 15.4 Å². The zero-order valence-electron chi connectivity index (χ0n) is 15.6. The smallest absolute Gasteiger partial charge is 0.270 e. The number of carbonyl (C=O) groups excluding carboxylic acids is 1. The molecule has 0 radical (unpaired) electrons. The summed E-state index contributed by atoms with van der Waals surface area (Å²) in [6.45, 7) is 1.18. The van der Waals surface area contributed by atoms with E-state index in [2.05, 4.69) is 15.6 Å². The van der Waals surface area contributed by atoms with E-state index in [1.165, 1.54) is 5.56 Å². The summed E-state index contributed by atoms with van der Waals surface area (Å²) in [7, 11) is 1.66. The van der Waals surface area contributed by atoms with Crippen LogP contribution in [0, 0.1) is 0 Å². The molecule has 2 N–H and O–H groups in total. The standard InChI is InChI=1S/C22H22ClN3O2/c1-28-20-8-4-16(5-9-20)10-12-24-19-11-13-25-21(14-19)22(27)26-15-17-2-6-18(23)7-3-17/h2-9,11,13-14H,10,12,15H2,1H3,(H,24,25)(H,26,27). The monoisotopic (exact) mass is 395 g/mol. The summed E-state index contributed by atoms with van der Waals surface area (Å²) < 4.78 is 5.17. The molecule has 0 aliphatic heterocycles. The Hall–Kier alpha value is -3.05. The number of nitrogens with one attached hydrogen (secondary N) is 2. The van der Waals surface area contributed by atoms with Crippen LogP contribution in [0.15, 0.2) is 66.9 Å². The lowest BCUT2D eigenvalue weighted by Crippen LogP contribution is -2.23. The Balaban J connectivity index is 1.50. The zero-order chi connectivity index (χ0) is 19.8. The fraction of sp³-hybridized carbons (Fsp3) is 0.182. The quantitative estimate of drug-likeness (QED) is 0.596. The number of methoxy groups -OCH3 is 1. The number of ether oxygens (including phenoxy) is 1. The maximum absolute atomic E-state index is 12.4. The zero-order valence-corrected chi connectivity index (χ0v) is 16.4. The first kappa shape index (κ1) is 19.7. The molecule has 0 spiro atoms. The third-order valence-electron chi connectivity index (χ3n) is 4.26. The molecular weight excluding hydrogens is 374 g/mol. The molecule has 0 bridgehead atoms. The van der Waals surface area contributed by atoms with Gasteiger partial charge >= 0.3 is 0 Å². The Morgan fingerprint density at radius 3 is 2.46 bits per heavy atom. The molecule has 28 heavy (non-hydrogen) atoms. The highest BCUT2D eigenvalue weighted by Crippen LogP contribution is 2.13. The van der Waals surface area contributed by atoms with Crippen molar-refractivity contribution in [2.24, 2.45) is 0 Å². The third-order valence-corrected chi connectivity index (χ3v) is 4.51. The summed E-state index contributed by atoms with van der Waals surface area (Å²) >= 11 is 5.87. The van der Waals surface area contributed by atoms with Crippen LogP contribution in [-0.4, -0.2) is 24.5 Å². The van der Waals surface area contributed by atoms with E-state index >= 15 is 0 Å². The Bertz CT molecular complexity index is 912. The Morgan fingerprint density at radius 1 is 1.04 bits per heavy atom. The topological polar surface area (TPSA) is 63.2 Å². The first-order chi connectivity index (χ1) is 13.6. The van der Waals surface area contributed by atoms with Crippen LogP contribution in [0.3, 0.4) is 0 Å². The van der Waals surface area contributed by atoms with E-state index in [0.717, 1.165) is 30.0 Å². The van der Waals surface area contributed by atoms with Crippen molar-refractivity contribution in [1.29, 1.82) is 0 Å². The predicted octanol–water partition coefficient (Wildman–Crippen LogP) is 4.33. The molecule has 1 amide bonds. The number of hydrogen-bond acceptors (Lipinski definition) is 4. The largest absolute Gasteiger partial charge is 0.497 e. The van der Waals surface area contributed by atoms with Crippen LogP contribution in [0.1, 0.15) is 21.6 Å². The lowest BCUT2D eigenvalue weighted by Gasteiger charge is -2.09. The van der Waals surface area contributed by atoms with Gasteiger partial charge in [0.1, 0.15) is 11.4 Å². The second-order valence-corrected chi connectivity index (χ2v) is 6.70. The van der Waals surface area contributed by atoms with Crippen molar-refractivity contribution in [3.63, 3.8) is 0 Å². The van der Waals surface area contributed by atoms with Crippen LogP contribution < -0.4 is 15.4 Å². The van der Waals surface area contributed by atoms with Crippen molar-refractivity contribution < 1.29 is 9.53 Å². The van der Waals surface area contributed by atoms with Gasteiger partial charge in [0.15, 0.2) is 0 Å². The van der Waals surface area contributed by atoms with Crippen LogP contribution in [-0.2, 0) is 13.0 Å². The van der Waals surface area contributed by atoms with Crippen molar-refractivity contribution in [2.75, 3.05) is 19.0 Å². The molecule has 0 saturated carbocycles. The summed E-state index contributed by atoms with van der Waals surface area (Å²) in [5.74, 6) is 0.633. The molecule has 3 aromatic rings. The fourth-order valence-corrected chi connectivity index (χ4v) is 2.81. The molecule has 0 fully saturated rings. The van der Waals surface area contributed by atoms with Crippen LogP contribution in [0.25, 0.3) is 0 Å². The number of hydrogen-bond donors (Lipinski definition) is 2. The lowest BCUT2D eigenvalue weighted by atomic mass is 10.1. The first-order valence-corrected chi connectivity index (χ1v) is 9.37. The summed E-state index contributed by atoms with van der Waals surface area (Å²) in [4.78, 5) is 16.5. The molecule has 0 unspecified atom stereocenters. The highest BCUT2D eigenvalue weighted by atomic mass is 35.5. The van der Waals surface area contributed by atoms with Gasteiger partial charge in [-0.15, -0.1) is 0 Å². The van der Waals surface area contributed by atoms with E-state index in [0.29, 0.717) is 17.3 Å². The molecule has 5 nitrogen and oxygen atoms in total. The van der Waals surface area contributed by atoms with Crippen molar-refractivity contribution in [3.05, 3.63) is 88.7 Å². The van der Waals surface area contributed by atoms with Gasteiger partial charge in [-0.2, -0.15) is 0 Å². The number of aromatic nitrogens is 1. The molecule has 0 saturated heterocycles. The van der Waals surface area contributed by atoms with Crippen LogP contribution in [0.4, 0.5) is 5.69 Å². The molecule has 0 aliphatic carbocycles. The molecule has 1 heterocycles. The van der Waals surface area contributed by atoms with Gasteiger partial charge in [0.2, 0.25) is 0 Å². The summed E-state index contributed by atoms with van der Waals surface area (Å²) in [5.41, 5.74) is 3.43. The van der Waals surface area contributed by atoms with Crippen LogP contribution in [0.2, 0.25) is 5.02 Å². The maximum Gasteiger partial charge on any atom is 0.270 e. The Labute approximate surface area is 169 Å². The Kier molecular flexibility index (Phi) is 6.87. The minimum absolute atomic E-state index is 0.214. The highest BCUT2D eigenvalue weighted by Gasteiger charge is 2.08. The molecule has 0 aliphatic rings. The van der Waals surface area contributed by atoms with Gasteiger partial charge in [-0.25, -0.2) is 0 Å². The summed E-state index contributed by atoms with van der Waals surface area (Å²) in [6.07, 6.45) is 2.50. The Morgan fingerprint density at radius 2 is 1.75 bits per heavy atom. The van der Waals surface area contributed by atoms with E-state index in [1.807, 2.05) is 42.5 Å². The maximum atomic E-state index is 12.4. The third kappa shape index (κ3) is 5.72. The van der Waals surface area contributed by atoms with Crippen LogP contribution >= 0.6 is 11.6 Å². The van der Waals surface area contributed by atoms with E-state index in [4.69, 9.17) is 16.3 Å². The average molecular weight is 396 g/mol. The van der Waals surface area contributed by atoms with Gasteiger partial charge in [0.05, 0.1) is 7.11 Å². The molecule has 6 heteroatoms. The molecule has 3 rings (SSSR count). The number of pyridine rings is 1. The molecule has 2 aromatic carbocycles. The lowest BCUT2D eigenvalue weighted by molar-refractivity contribution is 0.0946. The van der Waals surface area contributed by atoms with Crippen molar-refractivity contribution in [3.8, 4) is 5.75 Å². The van der Waals surface area contributed by atoms with Crippen molar-refractivity contribution in [2.45, 2.75) is 13.0 Å². The fourth-order valence-electron chi connectivity index (χ4n) is 2.68. The number of rotatable bonds is 8. The van der Waals surface area contributed by atoms with E-state index in [1.54, 1.807) is 31.5 Å². The summed E-state index contributed by atoms with van der Waals surface area (Å²) in [6, 6.07) is 19.0. The minimum Gasteiger partial charge on any atom is -0.497 e. The second-order valence-electron chi connectivity index (χ2n) is 6.26. The normalized spacial score (nSPS) is 10.4. The predicted molar refractivity (Wildman–Crippen MR) is 112 cm³/mol. The first-order valence-electron chi connectivity index (χ1n) is 8.99. The molecule has 144 valence electrons. The van der Waals surface area contributed by atoms with E-state index < -0.39 is 0 Å². The number of benzene rings is 2. The number of anilines is 1. The van der Waals surface area contributed by atoms with Gasteiger partial charge in [-0.1, -0.05) is 35.9 Å². The van der Waals surface area contributed by atoms with Gasteiger partial charge in [-0.05, 0) is 53.9 Å². The van der Waals surface area contributed by atoms with Gasteiger partial charge in [0.25, 0.3) is 5.91 Å². The number of nitrogens with zero attached hydrogens (tertiary/aromatic N) is 1. The van der Waals surface area contributed by atoms with Crippen LogP contribution in [0.5, 0.6) is 5.75 Å². The second kappa shape index (κ2) is 9.76. The van der Waals surface area contributed by atoms with E-state index in [9.17, 15) is 4.79 Å². The highest BCUT2D eigenvalue weighted by molar-refractivity contribution is 6.30. The molecular formula is C22H22ClN3O2. The average Bonchev–Trinajstić information content (AvgIpc) is 2.74. The number of halogens is 1. The summed E-state index contributed by atoms with van der Waals surface area (Å²) in [5, 5.41) is 6.87. The SMILES string of the molecule is COc1ccc(CCNc2ccnc(C(=O)NCc3ccc(Cl)cc3)c2)cc1. The molecule has 0 atom stereocenters. The van der Waals surface area contributed by atoms with Crippen molar-refractivity contribution >= 4 is 23.2 Å². The van der Waals surface area contributed by atoms with Gasteiger partial charge in [0, 0.05) is 30.0 Å². The number of carbonyl (C=O) groups is 1.